The van der Waals surface area contributed by atoms with Crippen LogP contribution in [0.3, 0.4) is 0 Å². The SMILES string of the molecule is c1cc(N2CCCCCC2)nc(N[C@H]2CCN(C3CCCCC3)[C@@H]2CCCN2CCNCC2)n1. The van der Waals surface area contributed by atoms with Gasteiger partial charge in [-0.05, 0) is 57.6 Å². The van der Waals surface area contributed by atoms with Crippen LogP contribution < -0.4 is 15.5 Å². The summed E-state index contributed by atoms with van der Waals surface area (Å²) in [4.78, 5) is 17.7. The molecule has 190 valence electrons. The molecule has 0 unspecified atom stereocenters. The summed E-state index contributed by atoms with van der Waals surface area (Å²) in [6.07, 6.45) is 18.0. The average Bonchev–Trinajstić information content (AvgIpc) is 3.09. The first-order valence-corrected chi connectivity index (χ1v) is 14.4. The molecule has 0 bridgehead atoms. The zero-order valence-electron chi connectivity index (χ0n) is 21.3. The summed E-state index contributed by atoms with van der Waals surface area (Å²) in [5, 5.41) is 7.31. The molecule has 0 spiro atoms. The minimum Gasteiger partial charge on any atom is -0.356 e. The molecule has 2 atom stereocenters. The van der Waals surface area contributed by atoms with Crippen molar-refractivity contribution in [1.29, 1.82) is 0 Å². The number of rotatable bonds is 8. The van der Waals surface area contributed by atoms with Crippen molar-refractivity contribution >= 4 is 11.8 Å². The highest BCUT2D eigenvalue weighted by molar-refractivity contribution is 5.43. The minimum atomic E-state index is 0.462. The summed E-state index contributed by atoms with van der Waals surface area (Å²) in [7, 11) is 0. The van der Waals surface area contributed by atoms with E-state index in [9.17, 15) is 0 Å². The molecule has 1 aromatic heterocycles. The largest absolute Gasteiger partial charge is 0.356 e. The molecule has 4 aliphatic rings. The second-order valence-electron chi connectivity index (χ2n) is 11.0. The smallest absolute Gasteiger partial charge is 0.224 e. The first-order valence-electron chi connectivity index (χ1n) is 14.4. The number of aromatic nitrogens is 2. The van der Waals surface area contributed by atoms with Crippen molar-refractivity contribution in [2.45, 2.75) is 95.2 Å². The molecule has 0 amide bonds. The summed E-state index contributed by atoms with van der Waals surface area (Å²) in [6, 6.07) is 3.96. The van der Waals surface area contributed by atoms with Crippen molar-refractivity contribution in [3.05, 3.63) is 12.3 Å². The zero-order chi connectivity index (χ0) is 23.0. The fraction of sp³-hybridized carbons (Fsp3) is 0.852. The Morgan fingerprint density at radius 1 is 0.882 bits per heavy atom. The number of piperazine rings is 1. The predicted molar refractivity (Wildman–Crippen MR) is 141 cm³/mol. The topological polar surface area (TPSA) is 59.6 Å². The van der Waals surface area contributed by atoms with Gasteiger partial charge in [-0.15, -0.1) is 0 Å². The van der Waals surface area contributed by atoms with Gasteiger partial charge in [0.15, 0.2) is 0 Å². The van der Waals surface area contributed by atoms with E-state index in [0.29, 0.717) is 12.1 Å². The molecule has 3 aliphatic heterocycles. The summed E-state index contributed by atoms with van der Waals surface area (Å²) in [6.45, 7) is 9.43. The van der Waals surface area contributed by atoms with E-state index in [4.69, 9.17) is 4.98 Å². The van der Waals surface area contributed by atoms with E-state index in [2.05, 4.69) is 36.4 Å². The molecule has 34 heavy (non-hydrogen) atoms. The molecule has 3 saturated heterocycles. The third-order valence-corrected chi connectivity index (χ3v) is 8.70. The van der Waals surface area contributed by atoms with Crippen LogP contribution in [0.15, 0.2) is 12.3 Å². The molecule has 7 heteroatoms. The van der Waals surface area contributed by atoms with Crippen molar-refractivity contribution < 1.29 is 0 Å². The van der Waals surface area contributed by atoms with E-state index < -0.39 is 0 Å². The monoisotopic (exact) mass is 469 g/mol. The van der Waals surface area contributed by atoms with Crippen molar-refractivity contribution in [3.63, 3.8) is 0 Å². The first-order chi connectivity index (χ1) is 16.9. The van der Waals surface area contributed by atoms with E-state index in [1.807, 2.05) is 6.20 Å². The Morgan fingerprint density at radius 3 is 2.44 bits per heavy atom. The molecule has 1 aromatic rings. The van der Waals surface area contributed by atoms with Gasteiger partial charge in [-0.2, -0.15) is 4.98 Å². The minimum absolute atomic E-state index is 0.462. The molecule has 1 aliphatic carbocycles. The quantitative estimate of drug-likeness (QED) is 0.602. The van der Waals surface area contributed by atoms with Crippen molar-refractivity contribution in [3.8, 4) is 0 Å². The maximum Gasteiger partial charge on any atom is 0.224 e. The van der Waals surface area contributed by atoms with Gasteiger partial charge in [-0.25, -0.2) is 4.98 Å². The van der Waals surface area contributed by atoms with Gasteiger partial charge >= 0.3 is 0 Å². The third kappa shape index (κ3) is 6.41. The summed E-state index contributed by atoms with van der Waals surface area (Å²) < 4.78 is 0. The number of anilines is 2. The Hall–Kier alpha value is -1.44. The maximum absolute atomic E-state index is 5.00. The second kappa shape index (κ2) is 12.5. The van der Waals surface area contributed by atoms with Gasteiger partial charge in [0.05, 0.1) is 0 Å². The van der Waals surface area contributed by atoms with Gasteiger partial charge in [-0.3, -0.25) is 4.90 Å². The lowest BCUT2D eigenvalue weighted by Gasteiger charge is -2.37. The van der Waals surface area contributed by atoms with Crippen molar-refractivity contribution in [1.82, 2.24) is 25.1 Å². The van der Waals surface area contributed by atoms with Crippen LogP contribution in [0.25, 0.3) is 0 Å². The van der Waals surface area contributed by atoms with E-state index in [1.165, 1.54) is 103 Å². The maximum atomic E-state index is 5.00. The highest BCUT2D eigenvalue weighted by atomic mass is 15.3. The third-order valence-electron chi connectivity index (χ3n) is 8.70. The second-order valence-corrected chi connectivity index (χ2v) is 11.0. The Morgan fingerprint density at radius 2 is 1.65 bits per heavy atom. The van der Waals surface area contributed by atoms with Crippen LogP contribution in [0, 0.1) is 0 Å². The fourth-order valence-electron chi connectivity index (χ4n) is 6.80. The summed E-state index contributed by atoms with van der Waals surface area (Å²) in [5.41, 5.74) is 0. The van der Waals surface area contributed by atoms with Gasteiger partial charge in [-0.1, -0.05) is 32.1 Å². The van der Waals surface area contributed by atoms with Crippen LogP contribution in [0.4, 0.5) is 11.8 Å². The summed E-state index contributed by atoms with van der Waals surface area (Å²) in [5.74, 6) is 1.95. The van der Waals surface area contributed by atoms with Crippen LogP contribution in [-0.4, -0.2) is 90.3 Å². The van der Waals surface area contributed by atoms with Gasteiger partial charge in [0.25, 0.3) is 0 Å². The van der Waals surface area contributed by atoms with Gasteiger partial charge in [0.1, 0.15) is 5.82 Å². The number of hydrogen-bond acceptors (Lipinski definition) is 7. The molecular weight excluding hydrogens is 422 g/mol. The first kappa shape index (κ1) is 24.3. The Balaban J connectivity index is 1.23. The molecule has 4 fully saturated rings. The van der Waals surface area contributed by atoms with E-state index >= 15 is 0 Å². The Bertz CT molecular complexity index is 723. The van der Waals surface area contributed by atoms with Crippen LogP contribution >= 0.6 is 0 Å². The van der Waals surface area contributed by atoms with E-state index in [1.54, 1.807) is 0 Å². The highest BCUT2D eigenvalue weighted by Gasteiger charge is 2.38. The highest BCUT2D eigenvalue weighted by Crippen LogP contribution is 2.32. The molecule has 2 N–H and O–H groups in total. The number of likely N-dealkylation sites (tertiary alicyclic amines) is 1. The molecule has 7 nitrogen and oxygen atoms in total. The lowest BCUT2D eigenvalue weighted by Crippen LogP contribution is -2.46. The number of hydrogen-bond donors (Lipinski definition) is 2. The number of nitrogens with zero attached hydrogens (tertiary/aromatic N) is 5. The lowest BCUT2D eigenvalue weighted by molar-refractivity contribution is 0.128. The average molecular weight is 470 g/mol. The standard InChI is InChI=1S/C27H47N7/c1-2-7-19-33(18-6-1)26-12-14-29-27(31-26)30-24-13-20-34(23-9-4-3-5-10-23)25(24)11-8-17-32-21-15-28-16-22-32/h12,14,23-25,28H,1-11,13,15-22H2,(H,29,30,31)/t24-,25+/m0/s1. The Labute approximate surface area is 207 Å². The van der Waals surface area contributed by atoms with Gasteiger partial charge < -0.3 is 20.4 Å². The van der Waals surface area contributed by atoms with Crippen LogP contribution in [0.2, 0.25) is 0 Å². The van der Waals surface area contributed by atoms with Crippen LogP contribution in [-0.2, 0) is 0 Å². The molecule has 0 aromatic carbocycles. The van der Waals surface area contributed by atoms with Crippen LogP contribution in [0.5, 0.6) is 0 Å². The van der Waals surface area contributed by atoms with E-state index in [-0.39, 0.29) is 0 Å². The van der Waals surface area contributed by atoms with Crippen LogP contribution in [0.1, 0.15) is 77.0 Å². The molecule has 0 radical (unpaired) electrons. The van der Waals surface area contributed by atoms with Crippen molar-refractivity contribution in [2.24, 2.45) is 0 Å². The van der Waals surface area contributed by atoms with E-state index in [0.717, 1.165) is 44.0 Å². The Kier molecular flexibility index (Phi) is 8.92. The molecule has 5 rings (SSSR count). The lowest BCUT2D eigenvalue weighted by atomic mass is 9.92. The van der Waals surface area contributed by atoms with Gasteiger partial charge in [0, 0.05) is 70.1 Å². The van der Waals surface area contributed by atoms with Crippen molar-refractivity contribution in [2.75, 3.05) is 62.6 Å². The fourth-order valence-corrected chi connectivity index (χ4v) is 6.80. The molecule has 1 saturated carbocycles. The number of nitrogens with one attached hydrogen (secondary N) is 2. The molecular formula is C27H47N7. The predicted octanol–water partition coefficient (Wildman–Crippen LogP) is 3.73. The zero-order valence-corrected chi connectivity index (χ0v) is 21.3. The summed E-state index contributed by atoms with van der Waals surface area (Å²) >= 11 is 0. The molecule has 4 heterocycles. The normalized spacial score (nSPS) is 28.2. The van der Waals surface area contributed by atoms with Gasteiger partial charge in [0.2, 0.25) is 5.95 Å².